The summed E-state index contributed by atoms with van der Waals surface area (Å²) in [7, 11) is 1.60. The Morgan fingerprint density at radius 1 is 1.27 bits per heavy atom. The first-order chi connectivity index (χ1) is 5.34. The summed E-state index contributed by atoms with van der Waals surface area (Å²) in [6, 6.07) is 7.39. The number of anilines is 1. The number of nitrogen functional groups attached to an aromatic ring is 1. The van der Waals surface area contributed by atoms with Crippen molar-refractivity contribution in [2.24, 2.45) is 0 Å². The fraction of sp³-hybridized carbons (Fsp3) is 0.143. The third-order valence-corrected chi connectivity index (χ3v) is 1.14. The molecule has 0 aliphatic carbocycles. The van der Waals surface area contributed by atoms with Crippen LogP contribution >= 0.6 is 0 Å². The molecule has 0 spiro atoms. The van der Waals surface area contributed by atoms with Crippen LogP contribution in [0.1, 0.15) is 0 Å². The largest absolute Gasteiger partial charge is 0.495 e. The van der Waals surface area contributed by atoms with Crippen LogP contribution in [0.3, 0.4) is 0 Å². The van der Waals surface area contributed by atoms with Gasteiger partial charge in [-0.1, -0.05) is 12.1 Å². The van der Waals surface area contributed by atoms with Crippen molar-refractivity contribution in [2.45, 2.75) is 0 Å². The lowest BCUT2D eigenvalue weighted by atomic mass is 10.3. The quantitative estimate of drug-likeness (QED) is 0.484. The standard InChI is InChI=1S/C7H9NO.N2/c1-9-7-5-3-2-4-6(7)8;1-2/h2-5H,8H2,1H3;. The zero-order valence-electron chi connectivity index (χ0n) is 6.19. The molecule has 1 rings (SSSR count). The number of nitrogens with zero attached hydrogens (tertiary/aromatic N) is 2. The predicted octanol–water partition coefficient (Wildman–Crippen LogP) is 1.31. The van der Waals surface area contributed by atoms with E-state index in [0.29, 0.717) is 5.69 Å². The van der Waals surface area contributed by atoms with Gasteiger partial charge < -0.3 is 10.5 Å². The van der Waals surface area contributed by atoms with E-state index in [1.54, 1.807) is 13.2 Å². The zero-order valence-corrected chi connectivity index (χ0v) is 6.19. The first kappa shape index (κ1) is 9.24. The van der Waals surface area contributed by atoms with E-state index in [4.69, 9.17) is 21.3 Å². The van der Waals surface area contributed by atoms with E-state index in [9.17, 15) is 0 Å². The maximum absolute atomic E-state index is 6.00. The summed E-state index contributed by atoms with van der Waals surface area (Å²) in [5.41, 5.74) is 6.19. The molecule has 0 bridgehead atoms. The minimum Gasteiger partial charge on any atom is -0.495 e. The van der Waals surface area contributed by atoms with Crippen molar-refractivity contribution in [3.05, 3.63) is 24.3 Å². The topological polar surface area (TPSA) is 82.8 Å². The number of hydrogen-bond acceptors (Lipinski definition) is 4. The number of nitrogens with two attached hydrogens (primary N) is 1. The van der Waals surface area contributed by atoms with Crippen LogP contribution in [0.2, 0.25) is 0 Å². The second-order valence-corrected chi connectivity index (χ2v) is 1.74. The van der Waals surface area contributed by atoms with Crippen molar-refractivity contribution in [1.29, 1.82) is 10.8 Å². The highest BCUT2D eigenvalue weighted by Gasteiger charge is 1.91. The van der Waals surface area contributed by atoms with Crippen LogP contribution in [0.25, 0.3) is 0 Å². The SMILES string of the molecule is COc1ccccc1N.N#N. The highest BCUT2D eigenvalue weighted by Crippen LogP contribution is 2.18. The Bertz CT molecular complexity index is 234. The highest BCUT2D eigenvalue weighted by atomic mass is 16.5. The molecular weight excluding hydrogens is 142 g/mol. The zero-order chi connectivity index (χ0) is 8.69. The third kappa shape index (κ3) is 2.54. The van der Waals surface area contributed by atoms with Crippen molar-refractivity contribution < 1.29 is 4.74 Å². The summed E-state index contributed by atoms with van der Waals surface area (Å²) in [5, 5.41) is 12.0. The van der Waals surface area contributed by atoms with Gasteiger partial charge in [0.1, 0.15) is 5.75 Å². The van der Waals surface area contributed by atoms with Crippen molar-refractivity contribution in [3.63, 3.8) is 0 Å². The molecule has 0 saturated heterocycles. The lowest BCUT2D eigenvalue weighted by Crippen LogP contribution is -1.89. The minimum atomic E-state index is 0.681. The van der Waals surface area contributed by atoms with Crippen molar-refractivity contribution in [2.75, 3.05) is 12.8 Å². The van der Waals surface area contributed by atoms with Crippen LogP contribution in [0.15, 0.2) is 24.3 Å². The number of ether oxygens (including phenoxy) is 1. The lowest BCUT2D eigenvalue weighted by molar-refractivity contribution is 0.417. The van der Waals surface area contributed by atoms with Gasteiger partial charge in [0.15, 0.2) is 0 Å². The Morgan fingerprint density at radius 3 is 2.18 bits per heavy atom. The number of rotatable bonds is 1. The summed E-state index contributed by atoms with van der Waals surface area (Å²) in [6.07, 6.45) is 0. The number of methoxy groups -OCH3 is 1. The van der Waals surface area contributed by atoms with Crippen LogP contribution in [0.5, 0.6) is 5.75 Å². The van der Waals surface area contributed by atoms with Gasteiger partial charge in [-0.15, -0.1) is 0 Å². The summed E-state index contributed by atoms with van der Waals surface area (Å²) in [4.78, 5) is 0. The van der Waals surface area contributed by atoms with Gasteiger partial charge in [0.05, 0.1) is 12.8 Å². The molecule has 0 saturated carbocycles. The molecule has 1 aromatic carbocycles. The van der Waals surface area contributed by atoms with Crippen molar-refractivity contribution in [1.82, 2.24) is 0 Å². The van der Waals surface area contributed by atoms with Gasteiger partial charge in [0.2, 0.25) is 0 Å². The molecule has 0 aliphatic heterocycles. The van der Waals surface area contributed by atoms with Gasteiger partial charge in [0, 0.05) is 10.8 Å². The second-order valence-electron chi connectivity index (χ2n) is 1.74. The monoisotopic (exact) mass is 151 g/mol. The molecule has 0 radical (unpaired) electrons. The van der Waals surface area contributed by atoms with Crippen molar-refractivity contribution >= 4 is 5.69 Å². The van der Waals surface area contributed by atoms with Crippen LogP contribution < -0.4 is 10.5 Å². The second kappa shape index (κ2) is 5.06. The van der Waals surface area contributed by atoms with E-state index in [2.05, 4.69) is 0 Å². The fourth-order valence-corrected chi connectivity index (χ4v) is 0.666. The van der Waals surface area contributed by atoms with E-state index >= 15 is 0 Å². The van der Waals surface area contributed by atoms with E-state index in [-0.39, 0.29) is 0 Å². The normalized spacial score (nSPS) is 7.55. The average molecular weight is 151 g/mol. The summed E-state index contributed by atoms with van der Waals surface area (Å²) in [6.45, 7) is 0. The van der Waals surface area contributed by atoms with E-state index in [1.807, 2.05) is 18.2 Å². The minimum absolute atomic E-state index is 0.681. The first-order valence-corrected chi connectivity index (χ1v) is 2.93. The third-order valence-electron chi connectivity index (χ3n) is 1.14. The smallest absolute Gasteiger partial charge is 0.141 e. The van der Waals surface area contributed by atoms with E-state index < -0.39 is 0 Å². The van der Waals surface area contributed by atoms with Crippen LogP contribution in [-0.2, 0) is 0 Å². The summed E-state index contributed by atoms with van der Waals surface area (Å²) in [5.74, 6) is 0.734. The molecule has 4 heteroatoms. The van der Waals surface area contributed by atoms with Gasteiger partial charge in [-0.25, -0.2) is 0 Å². The Hall–Kier alpha value is -1.76. The molecule has 0 aromatic heterocycles. The van der Waals surface area contributed by atoms with E-state index in [0.717, 1.165) is 5.75 Å². The van der Waals surface area contributed by atoms with Gasteiger partial charge in [-0.05, 0) is 12.1 Å². The first-order valence-electron chi connectivity index (χ1n) is 2.93. The maximum atomic E-state index is 6.00. The van der Waals surface area contributed by atoms with Crippen LogP contribution in [0, 0.1) is 10.8 Å². The maximum Gasteiger partial charge on any atom is 0.141 e. The molecule has 58 valence electrons. The molecule has 0 unspecified atom stereocenters. The molecule has 0 heterocycles. The Labute approximate surface area is 65.0 Å². The van der Waals surface area contributed by atoms with Gasteiger partial charge >= 0.3 is 0 Å². The van der Waals surface area contributed by atoms with E-state index in [1.165, 1.54) is 0 Å². The molecule has 0 amide bonds. The van der Waals surface area contributed by atoms with Crippen LogP contribution in [0.4, 0.5) is 5.69 Å². The van der Waals surface area contributed by atoms with Crippen molar-refractivity contribution in [3.8, 4) is 5.75 Å². The predicted molar refractivity (Wildman–Crippen MR) is 40.9 cm³/mol. The molecule has 1 aromatic rings. The molecule has 0 fully saturated rings. The highest BCUT2D eigenvalue weighted by molar-refractivity contribution is 5.51. The Morgan fingerprint density at radius 2 is 1.82 bits per heavy atom. The van der Waals surface area contributed by atoms with Gasteiger partial charge in [-0.3, -0.25) is 0 Å². The molecule has 4 nitrogen and oxygen atoms in total. The molecule has 2 N–H and O–H groups in total. The number of hydrogen-bond donors (Lipinski definition) is 1. The van der Waals surface area contributed by atoms with Gasteiger partial charge in [0.25, 0.3) is 0 Å². The van der Waals surface area contributed by atoms with Crippen LogP contribution in [-0.4, -0.2) is 7.11 Å². The summed E-state index contributed by atoms with van der Waals surface area (Å²) < 4.78 is 4.92. The molecule has 0 aliphatic rings. The Balaban J connectivity index is 0.000000461. The number of para-hydroxylation sites is 2. The molecular formula is C7H9N3O. The summed E-state index contributed by atoms with van der Waals surface area (Å²) >= 11 is 0. The molecule has 0 atom stereocenters. The Kier molecular flexibility index (Phi) is 4.25. The van der Waals surface area contributed by atoms with Gasteiger partial charge in [-0.2, -0.15) is 0 Å². The lowest BCUT2D eigenvalue weighted by Gasteiger charge is -2.00. The fourth-order valence-electron chi connectivity index (χ4n) is 0.666. The molecule has 11 heavy (non-hydrogen) atoms. The average Bonchev–Trinajstić information content (AvgIpc) is 2.09. The number of benzene rings is 1.